The van der Waals surface area contributed by atoms with Crippen LogP contribution in [0.5, 0.6) is 5.75 Å². The minimum Gasteiger partial charge on any atom is -0.493 e. The Labute approximate surface area is 135 Å². The number of fused-ring (bicyclic) bond motifs is 2. The molecular formula is C18H21N3O2. The summed E-state index contributed by atoms with van der Waals surface area (Å²) in [4.78, 5) is 17.3. The molecule has 5 heteroatoms. The molecule has 4 rings (SSSR count). The summed E-state index contributed by atoms with van der Waals surface area (Å²) < 4.78 is 7.82. The molecule has 23 heavy (non-hydrogen) atoms. The van der Waals surface area contributed by atoms with Crippen molar-refractivity contribution in [1.82, 2.24) is 14.9 Å². The van der Waals surface area contributed by atoms with E-state index in [0.29, 0.717) is 6.61 Å². The van der Waals surface area contributed by atoms with Crippen LogP contribution in [0.25, 0.3) is 0 Å². The lowest BCUT2D eigenvalue weighted by atomic mass is 9.92. The van der Waals surface area contributed by atoms with Gasteiger partial charge in [-0.05, 0) is 25.8 Å². The Morgan fingerprint density at radius 1 is 1.35 bits per heavy atom. The highest BCUT2D eigenvalue weighted by Crippen LogP contribution is 2.33. The summed E-state index contributed by atoms with van der Waals surface area (Å²) in [5, 5.41) is 3.24. The highest BCUT2D eigenvalue weighted by Gasteiger charge is 2.30. The number of aromatic nitrogens is 2. The Bertz CT molecular complexity index is 738. The number of nitrogens with one attached hydrogen (secondary N) is 1. The van der Waals surface area contributed by atoms with E-state index in [1.54, 1.807) is 0 Å². The topological polar surface area (TPSA) is 56.2 Å². The van der Waals surface area contributed by atoms with Crippen LogP contribution in [0.15, 0.2) is 30.5 Å². The van der Waals surface area contributed by atoms with Gasteiger partial charge in [0.1, 0.15) is 11.6 Å². The predicted octanol–water partition coefficient (Wildman–Crippen LogP) is 2.19. The third kappa shape index (κ3) is 2.71. The Kier molecular flexibility index (Phi) is 3.56. The van der Waals surface area contributed by atoms with E-state index in [2.05, 4.69) is 21.1 Å². The highest BCUT2D eigenvalue weighted by atomic mass is 16.5. The van der Waals surface area contributed by atoms with Crippen LogP contribution in [0.1, 0.15) is 35.8 Å². The molecule has 0 radical (unpaired) electrons. The van der Waals surface area contributed by atoms with E-state index in [9.17, 15) is 4.79 Å². The lowest BCUT2D eigenvalue weighted by molar-refractivity contribution is -0.124. The first kappa shape index (κ1) is 14.3. The van der Waals surface area contributed by atoms with E-state index >= 15 is 0 Å². The molecule has 0 unspecified atom stereocenters. The van der Waals surface area contributed by atoms with E-state index in [-0.39, 0.29) is 17.9 Å². The first-order valence-electron chi connectivity index (χ1n) is 8.25. The number of carbonyl (C=O) groups excluding carboxylic acids is 1. The van der Waals surface area contributed by atoms with Gasteiger partial charge < -0.3 is 14.6 Å². The summed E-state index contributed by atoms with van der Waals surface area (Å²) in [6.07, 6.45) is 4.68. The molecule has 5 nitrogen and oxygen atoms in total. The van der Waals surface area contributed by atoms with Gasteiger partial charge in [0.25, 0.3) is 0 Å². The molecule has 3 heterocycles. The number of aryl methyl sites for hydroxylation is 2. The summed E-state index contributed by atoms with van der Waals surface area (Å²) in [5.74, 6) is 1.98. The monoisotopic (exact) mass is 311 g/mol. The summed E-state index contributed by atoms with van der Waals surface area (Å²) in [6.45, 7) is 3.43. The quantitative estimate of drug-likeness (QED) is 0.925. The van der Waals surface area contributed by atoms with Gasteiger partial charge in [0.2, 0.25) is 5.91 Å². The maximum atomic E-state index is 12.8. The van der Waals surface area contributed by atoms with E-state index in [4.69, 9.17) is 4.74 Å². The average molecular weight is 311 g/mol. The molecule has 0 fully saturated rings. The number of nitrogens with zero attached hydrogens (tertiary/aromatic N) is 2. The molecule has 2 atom stereocenters. The number of benzene rings is 1. The number of imidazole rings is 1. The molecular weight excluding hydrogens is 290 g/mol. The van der Waals surface area contributed by atoms with Crippen molar-refractivity contribution in [1.29, 1.82) is 0 Å². The van der Waals surface area contributed by atoms with Crippen LogP contribution in [0.2, 0.25) is 0 Å². The molecule has 0 bridgehead atoms. The van der Waals surface area contributed by atoms with Gasteiger partial charge in [-0.1, -0.05) is 18.2 Å². The summed E-state index contributed by atoms with van der Waals surface area (Å²) in [7, 11) is 0. The molecule has 1 N–H and O–H groups in total. The number of hydrogen-bond donors (Lipinski definition) is 1. The Balaban J connectivity index is 1.47. The lowest BCUT2D eigenvalue weighted by Crippen LogP contribution is -2.43. The molecule has 0 saturated carbocycles. The Morgan fingerprint density at radius 3 is 3.13 bits per heavy atom. The van der Waals surface area contributed by atoms with Crippen molar-refractivity contribution >= 4 is 5.91 Å². The molecule has 120 valence electrons. The Morgan fingerprint density at radius 2 is 2.22 bits per heavy atom. The molecule has 1 amide bonds. The van der Waals surface area contributed by atoms with Crippen molar-refractivity contribution in [3.05, 3.63) is 47.5 Å². The average Bonchev–Trinajstić information content (AvgIpc) is 2.93. The van der Waals surface area contributed by atoms with E-state index in [1.165, 1.54) is 0 Å². The maximum absolute atomic E-state index is 12.8. The van der Waals surface area contributed by atoms with E-state index in [1.807, 2.05) is 31.2 Å². The third-order valence-corrected chi connectivity index (χ3v) is 4.73. The molecule has 1 aromatic heterocycles. The third-order valence-electron chi connectivity index (χ3n) is 4.73. The summed E-state index contributed by atoms with van der Waals surface area (Å²) in [6, 6.07) is 8.03. The van der Waals surface area contributed by atoms with Gasteiger partial charge in [-0.15, -0.1) is 0 Å². The first-order valence-corrected chi connectivity index (χ1v) is 8.25. The van der Waals surface area contributed by atoms with E-state index in [0.717, 1.165) is 48.6 Å². The number of rotatable bonds is 2. The van der Waals surface area contributed by atoms with Gasteiger partial charge in [-0.2, -0.15) is 0 Å². The van der Waals surface area contributed by atoms with Gasteiger partial charge >= 0.3 is 0 Å². The molecule has 0 aliphatic carbocycles. The maximum Gasteiger partial charge on any atom is 0.228 e. The van der Waals surface area contributed by atoms with Crippen molar-refractivity contribution in [3.8, 4) is 5.75 Å². The molecule has 0 saturated heterocycles. The number of ether oxygens (including phenoxy) is 1. The highest BCUT2D eigenvalue weighted by molar-refractivity contribution is 5.85. The number of amides is 1. The molecule has 2 aromatic rings. The minimum atomic E-state index is -0.106. The fraction of sp³-hybridized carbons (Fsp3) is 0.444. The fourth-order valence-electron chi connectivity index (χ4n) is 3.62. The van der Waals surface area contributed by atoms with Crippen molar-refractivity contribution in [2.75, 3.05) is 6.61 Å². The van der Waals surface area contributed by atoms with Crippen LogP contribution in [-0.2, 0) is 17.8 Å². The SMILES string of the molecule is Cc1cn2c(n1)CC[C@H](NC(=O)[C@H]1CCOc3ccccc31)C2. The zero-order chi connectivity index (χ0) is 15.8. The Hall–Kier alpha value is -2.30. The standard InChI is InChI=1S/C18H21N3O2/c1-12-10-21-11-13(6-7-17(21)19-12)20-18(22)15-8-9-23-16-5-3-2-4-14(15)16/h2-5,10,13,15H,6-9,11H2,1H3,(H,20,22)/t13-,15-/m0/s1. The van der Waals surface area contributed by atoms with Gasteiger partial charge in [-0.3, -0.25) is 4.79 Å². The number of carbonyl (C=O) groups is 1. The van der Waals surface area contributed by atoms with Crippen molar-refractivity contribution in [3.63, 3.8) is 0 Å². The molecule has 0 spiro atoms. The van der Waals surface area contributed by atoms with Crippen molar-refractivity contribution in [2.45, 2.75) is 44.7 Å². The first-order chi connectivity index (χ1) is 11.2. The fourth-order valence-corrected chi connectivity index (χ4v) is 3.62. The number of para-hydroxylation sites is 1. The molecule has 2 aliphatic heterocycles. The summed E-state index contributed by atoms with van der Waals surface area (Å²) >= 11 is 0. The van der Waals surface area contributed by atoms with Crippen LogP contribution in [0, 0.1) is 6.92 Å². The number of hydrogen-bond acceptors (Lipinski definition) is 3. The predicted molar refractivity (Wildman–Crippen MR) is 86.5 cm³/mol. The van der Waals surface area contributed by atoms with Gasteiger partial charge in [0.15, 0.2) is 0 Å². The summed E-state index contributed by atoms with van der Waals surface area (Å²) in [5.41, 5.74) is 2.05. The van der Waals surface area contributed by atoms with E-state index < -0.39 is 0 Å². The minimum absolute atomic E-state index is 0.106. The van der Waals surface area contributed by atoms with Crippen LogP contribution in [0.3, 0.4) is 0 Å². The van der Waals surface area contributed by atoms with Gasteiger partial charge in [-0.25, -0.2) is 4.98 Å². The molecule has 1 aromatic carbocycles. The lowest BCUT2D eigenvalue weighted by Gasteiger charge is -2.29. The van der Waals surface area contributed by atoms with Crippen LogP contribution in [0.4, 0.5) is 0 Å². The van der Waals surface area contributed by atoms with Crippen LogP contribution in [-0.4, -0.2) is 28.1 Å². The van der Waals surface area contributed by atoms with Crippen molar-refractivity contribution in [2.24, 2.45) is 0 Å². The second-order valence-corrected chi connectivity index (χ2v) is 6.42. The van der Waals surface area contributed by atoms with Crippen LogP contribution < -0.4 is 10.1 Å². The smallest absolute Gasteiger partial charge is 0.228 e. The molecule has 2 aliphatic rings. The second kappa shape index (κ2) is 5.72. The van der Waals surface area contributed by atoms with Crippen LogP contribution >= 0.6 is 0 Å². The largest absolute Gasteiger partial charge is 0.493 e. The van der Waals surface area contributed by atoms with Gasteiger partial charge in [0, 0.05) is 30.8 Å². The normalized spacial score (nSPS) is 22.7. The zero-order valence-corrected chi connectivity index (χ0v) is 13.3. The van der Waals surface area contributed by atoms with Crippen molar-refractivity contribution < 1.29 is 9.53 Å². The second-order valence-electron chi connectivity index (χ2n) is 6.42. The zero-order valence-electron chi connectivity index (χ0n) is 13.3. The van der Waals surface area contributed by atoms with Gasteiger partial charge in [0.05, 0.1) is 18.2 Å².